The number of hydrogen-bond donors (Lipinski definition) is 1. The van der Waals surface area contributed by atoms with E-state index < -0.39 is 0 Å². The average molecular weight is 252 g/mol. The first-order chi connectivity index (χ1) is 8.31. The molecule has 2 rings (SSSR count). The summed E-state index contributed by atoms with van der Waals surface area (Å²) in [7, 11) is 0. The summed E-state index contributed by atoms with van der Waals surface area (Å²) in [6.07, 6.45) is 1.09. The Bertz CT molecular complexity index is 465. The minimum absolute atomic E-state index is 0.656. The van der Waals surface area contributed by atoms with Crippen molar-refractivity contribution in [1.82, 2.24) is 25.5 Å². The summed E-state index contributed by atoms with van der Waals surface area (Å²) in [6.45, 7) is 3.73. The highest BCUT2D eigenvalue weighted by Gasteiger charge is 2.07. The van der Waals surface area contributed by atoms with Crippen LogP contribution in [-0.4, -0.2) is 26.8 Å². The van der Waals surface area contributed by atoms with E-state index in [0.29, 0.717) is 11.6 Å². The molecular weight excluding hydrogens is 238 g/mol. The van der Waals surface area contributed by atoms with Gasteiger partial charge < -0.3 is 5.32 Å². The van der Waals surface area contributed by atoms with E-state index in [1.165, 1.54) is 0 Å². The van der Waals surface area contributed by atoms with Crippen molar-refractivity contribution < 1.29 is 0 Å². The van der Waals surface area contributed by atoms with Gasteiger partial charge in [0.1, 0.15) is 0 Å². The first kappa shape index (κ1) is 12.0. The van der Waals surface area contributed by atoms with E-state index in [1.807, 2.05) is 24.3 Å². The van der Waals surface area contributed by atoms with E-state index in [4.69, 9.17) is 11.6 Å². The van der Waals surface area contributed by atoms with Crippen molar-refractivity contribution in [1.29, 1.82) is 0 Å². The Morgan fingerprint density at radius 3 is 2.76 bits per heavy atom. The fourth-order valence-electron chi connectivity index (χ4n) is 1.48. The number of hydrogen-bond acceptors (Lipinski definition) is 4. The van der Waals surface area contributed by atoms with Crippen LogP contribution in [0.4, 0.5) is 0 Å². The lowest BCUT2D eigenvalue weighted by molar-refractivity contribution is 0.633. The summed E-state index contributed by atoms with van der Waals surface area (Å²) in [6, 6.07) is 7.42. The van der Waals surface area contributed by atoms with Crippen LogP contribution < -0.4 is 5.32 Å². The summed E-state index contributed by atoms with van der Waals surface area (Å²) < 4.78 is 1.71. The van der Waals surface area contributed by atoms with Crippen LogP contribution in [0.15, 0.2) is 24.3 Å². The molecule has 0 unspecified atom stereocenters. The van der Waals surface area contributed by atoms with Crippen molar-refractivity contribution in [3.05, 3.63) is 35.1 Å². The Kier molecular flexibility index (Phi) is 4.06. The smallest absolute Gasteiger partial charge is 0.170 e. The van der Waals surface area contributed by atoms with Crippen LogP contribution in [-0.2, 0) is 6.54 Å². The van der Waals surface area contributed by atoms with Crippen molar-refractivity contribution in [2.45, 2.75) is 19.9 Å². The van der Waals surface area contributed by atoms with Crippen LogP contribution in [0.2, 0.25) is 5.02 Å². The molecule has 0 saturated carbocycles. The summed E-state index contributed by atoms with van der Waals surface area (Å²) in [4.78, 5) is 0. The highest BCUT2D eigenvalue weighted by molar-refractivity contribution is 6.30. The maximum atomic E-state index is 5.84. The molecule has 5 nitrogen and oxygen atoms in total. The Hall–Kier alpha value is -1.46. The molecular formula is C11H14ClN5. The standard InChI is InChI=1S/C11H14ClN5/c1-2-7-13-8-11-14-15-16-17(11)10-5-3-9(12)4-6-10/h3-6,13H,2,7-8H2,1H3. The molecule has 6 heteroatoms. The van der Waals surface area contributed by atoms with Gasteiger partial charge in [-0.3, -0.25) is 0 Å². The van der Waals surface area contributed by atoms with Gasteiger partial charge in [0, 0.05) is 5.02 Å². The number of benzene rings is 1. The van der Waals surface area contributed by atoms with Gasteiger partial charge in [-0.15, -0.1) is 5.10 Å². The number of nitrogens with zero attached hydrogens (tertiary/aromatic N) is 4. The van der Waals surface area contributed by atoms with Gasteiger partial charge in [0.25, 0.3) is 0 Å². The number of nitrogens with one attached hydrogen (secondary N) is 1. The first-order valence-electron chi connectivity index (χ1n) is 5.55. The molecule has 0 aliphatic carbocycles. The zero-order valence-electron chi connectivity index (χ0n) is 9.60. The molecule has 1 aromatic carbocycles. The van der Waals surface area contributed by atoms with Crippen LogP contribution in [0.1, 0.15) is 19.2 Å². The zero-order chi connectivity index (χ0) is 12.1. The van der Waals surface area contributed by atoms with Crippen molar-refractivity contribution in [3.8, 4) is 5.69 Å². The molecule has 0 fully saturated rings. The van der Waals surface area contributed by atoms with Crippen LogP contribution in [0, 0.1) is 0 Å². The Balaban J connectivity index is 2.15. The molecule has 1 N–H and O–H groups in total. The predicted octanol–water partition coefficient (Wildman–Crippen LogP) is 1.82. The average Bonchev–Trinajstić information content (AvgIpc) is 2.79. The molecule has 0 radical (unpaired) electrons. The molecule has 2 aromatic rings. The van der Waals surface area contributed by atoms with Gasteiger partial charge in [-0.1, -0.05) is 18.5 Å². The van der Waals surface area contributed by atoms with Gasteiger partial charge in [-0.05, 0) is 47.7 Å². The van der Waals surface area contributed by atoms with Crippen molar-refractivity contribution in [3.63, 3.8) is 0 Å². The van der Waals surface area contributed by atoms with E-state index in [9.17, 15) is 0 Å². The predicted molar refractivity (Wildman–Crippen MR) is 66.2 cm³/mol. The van der Waals surface area contributed by atoms with Crippen molar-refractivity contribution in [2.75, 3.05) is 6.54 Å². The number of tetrazole rings is 1. The minimum atomic E-state index is 0.656. The van der Waals surface area contributed by atoms with Crippen LogP contribution in [0.5, 0.6) is 0 Å². The van der Waals surface area contributed by atoms with E-state index in [2.05, 4.69) is 27.8 Å². The molecule has 1 heterocycles. The van der Waals surface area contributed by atoms with E-state index in [-0.39, 0.29) is 0 Å². The maximum absolute atomic E-state index is 5.84. The molecule has 0 amide bonds. The lowest BCUT2D eigenvalue weighted by atomic mass is 10.3. The molecule has 0 aliphatic heterocycles. The second-order valence-electron chi connectivity index (χ2n) is 3.66. The summed E-state index contributed by atoms with van der Waals surface area (Å²) in [5.41, 5.74) is 0.910. The second kappa shape index (κ2) is 5.75. The minimum Gasteiger partial charge on any atom is -0.310 e. The molecule has 0 atom stereocenters. The topological polar surface area (TPSA) is 55.6 Å². The third kappa shape index (κ3) is 3.01. The van der Waals surface area contributed by atoms with E-state index >= 15 is 0 Å². The largest absolute Gasteiger partial charge is 0.310 e. The first-order valence-corrected chi connectivity index (χ1v) is 5.93. The van der Waals surface area contributed by atoms with Gasteiger partial charge in [-0.2, -0.15) is 4.68 Å². The van der Waals surface area contributed by atoms with Crippen LogP contribution >= 0.6 is 11.6 Å². The number of rotatable bonds is 5. The van der Waals surface area contributed by atoms with Crippen LogP contribution in [0.3, 0.4) is 0 Å². The van der Waals surface area contributed by atoms with Gasteiger partial charge in [0.2, 0.25) is 0 Å². The molecule has 1 aromatic heterocycles. The van der Waals surface area contributed by atoms with E-state index in [0.717, 1.165) is 24.5 Å². The Morgan fingerprint density at radius 1 is 1.29 bits per heavy atom. The second-order valence-corrected chi connectivity index (χ2v) is 4.10. The van der Waals surface area contributed by atoms with Gasteiger partial charge >= 0.3 is 0 Å². The fraction of sp³-hybridized carbons (Fsp3) is 0.364. The molecule has 90 valence electrons. The van der Waals surface area contributed by atoms with E-state index in [1.54, 1.807) is 4.68 Å². The normalized spacial score (nSPS) is 10.7. The summed E-state index contributed by atoms with van der Waals surface area (Å²) in [5, 5.41) is 15.6. The number of halogens is 1. The van der Waals surface area contributed by atoms with Crippen molar-refractivity contribution >= 4 is 11.6 Å². The highest BCUT2D eigenvalue weighted by Crippen LogP contribution is 2.13. The third-order valence-corrected chi connectivity index (χ3v) is 2.57. The summed E-state index contributed by atoms with van der Waals surface area (Å²) in [5.74, 6) is 0.792. The zero-order valence-corrected chi connectivity index (χ0v) is 10.4. The molecule has 0 saturated heterocycles. The summed E-state index contributed by atoms with van der Waals surface area (Å²) >= 11 is 5.84. The van der Waals surface area contributed by atoms with Gasteiger partial charge in [0.15, 0.2) is 5.82 Å². The van der Waals surface area contributed by atoms with Crippen LogP contribution in [0.25, 0.3) is 5.69 Å². The maximum Gasteiger partial charge on any atom is 0.170 e. The SMILES string of the molecule is CCCNCc1nnnn1-c1ccc(Cl)cc1. The fourth-order valence-corrected chi connectivity index (χ4v) is 1.60. The van der Waals surface area contributed by atoms with Gasteiger partial charge in [-0.25, -0.2) is 0 Å². The number of aromatic nitrogens is 4. The Morgan fingerprint density at radius 2 is 2.06 bits per heavy atom. The lowest BCUT2D eigenvalue weighted by Gasteiger charge is -2.05. The molecule has 17 heavy (non-hydrogen) atoms. The van der Waals surface area contributed by atoms with Gasteiger partial charge in [0.05, 0.1) is 12.2 Å². The monoisotopic (exact) mass is 251 g/mol. The highest BCUT2D eigenvalue weighted by atomic mass is 35.5. The molecule has 0 bridgehead atoms. The molecule has 0 aliphatic rings. The Labute approximate surface area is 105 Å². The molecule has 0 spiro atoms. The lowest BCUT2D eigenvalue weighted by Crippen LogP contribution is -2.17. The van der Waals surface area contributed by atoms with Crippen molar-refractivity contribution in [2.24, 2.45) is 0 Å². The quantitative estimate of drug-likeness (QED) is 0.824. The third-order valence-electron chi connectivity index (χ3n) is 2.32.